The second kappa shape index (κ2) is 13.9. The van der Waals surface area contributed by atoms with Gasteiger partial charge in [0.2, 0.25) is 11.8 Å². The molecular weight excluding hydrogens is 489 g/mol. The summed E-state index contributed by atoms with van der Waals surface area (Å²) in [5, 5.41) is 0.560. The Balaban J connectivity index is 1.96. The molecule has 0 radical (unpaired) electrons. The Kier molecular flexibility index (Phi) is 11.0. The Bertz CT molecular complexity index is 1060. The number of nitrogens with zero attached hydrogens (tertiary/aromatic N) is 3. The van der Waals surface area contributed by atoms with E-state index in [2.05, 4.69) is 18.7 Å². The summed E-state index contributed by atoms with van der Waals surface area (Å²) >= 11 is 6.35. The van der Waals surface area contributed by atoms with Gasteiger partial charge in [-0.1, -0.05) is 57.5 Å². The molecule has 0 fully saturated rings. The number of rotatable bonds is 6. The van der Waals surface area contributed by atoms with Crippen LogP contribution in [0.25, 0.3) is 0 Å². The van der Waals surface area contributed by atoms with E-state index in [4.69, 9.17) is 11.6 Å². The van der Waals surface area contributed by atoms with Crippen molar-refractivity contribution in [2.45, 2.75) is 59.9 Å². The highest BCUT2D eigenvalue weighted by Gasteiger charge is 2.24. The first kappa shape index (κ1) is 29.1. The van der Waals surface area contributed by atoms with E-state index in [0.29, 0.717) is 41.7 Å². The summed E-state index contributed by atoms with van der Waals surface area (Å²) in [6.07, 6.45) is 2.25. The van der Waals surface area contributed by atoms with Gasteiger partial charge < -0.3 is 14.7 Å². The molecule has 2 amide bonds. The van der Waals surface area contributed by atoms with Gasteiger partial charge in [0.25, 0.3) is 0 Å². The Morgan fingerprint density at radius 3 is 2.30 bits per heavy atom. The highest BCUT2D eigenvalue weighted by Crippen LogP contribution is 2.27. The van der Waals surface area contributed by atoms with Crippen LogP contribution in [0.2, 0.25) is 5.02 Å². The van der Waals surface area contributed by atoms with Crippen LogP contribution in [0.15, 0.2) is 42.5 Å². The summed E-state index contributed by atoms with van der Waals surface area (Å²) in [6, 6.07) is 11.9. The van der Waals surface area contributed by atoms with Crippen molar-refractivity contribution in [3.8, 4) is 0 Å². The molecule has 1 aliphatic rings. The molecule has 37 heavy (non-hydrogen) atoms. The molecule has 2 aromatic rings. The number of benzene rings is 2. The molecule has 5 nitrogen and oxygen atoms in total. The number of hydrogen-bond donors (Lipinski definition) is 0. The number of carbonyl (C=O) groups excluding carboxylic acids is 2. The lowest BCUT2D eigenvalue weighted by Crippen LogP contribution is -2.40. The molecule has 0 N–H and O–H groups in total. The van der Waals surface area contributed by atoms with E-state index in [1.54, 1.807) is 21.9 Å². The Hall–Kier alpha value is -2.44. The van der Waals surface area contributed by atoms with Gasteiger partial charge in [0.05, 0.1) is 6.42 Å². The van der Waals surface area contributed by atoms with Crippen molar-refractivity contribution in [1.29, 1.82) is 0 Å². The largest absolute Gasteiger partial charge is 0.338 e. The number of anilines is 1. The van der Waals surface area contributed by atoms with Crippen LogP contribution in [0.3, 0.4) is 0 Å². The third-order valence-corrected chi connectivity index (χ3v) is 6.98. The van der Waals surface area contributed by atoms with Gasteiger partial charge in [0, 0.05) is 43.3 Å². The lowest BCUT2D eigenvalue weighted by atomic mass is 10.1. The van der Waals surface area contributed by atoms with Crippen LogP contribution in [0.5, 0.6) is 0 Å². The van der Waals surface area contributed by atoms with E-state index in [9.17, 15) is 14.0 Å². The molecule has 7 heteroatoms. The lowest BCUT2D eigenvalue weighted by Gasteiger charge is -2.32. The maximum atomic E-state index is 14.5. The van der Waals surface area contributed by atoms with Gasteiger partial charge >= 0.3 is 0 Å². The van der Waals surface area contributed by atoms with Crippen molar-refractivity contribution < 1.29 is 14.0 Å². The molecular formula is C30H41ClFN3O2. The summed E-state index contributed by atoms with van der Waals surface area (Å²) < 4.78 is 14.5. The molecule has 0 atom stereocenters. The maximum Gasteiger partial charge on any atom is 0.227 e. The molecule has 0 aliphatic carbocycles. The summed E-state index contributed by atoms with van der Waals surface area (Å²) in [5.41, 5.74) is 2.12. The van der Waals surface area contributed by atoms with Crippen LogP contribution in [-0.4, -0.2) is 54.3 Å². The van der Waals surface area contributed by atoms with Gasteiger partial charge in [-0.3, -0.25) is 9.59 Å². The van der Waals surface area contributed by atoms with Crippen LogP contribution in [0.4, 0.5) is 10.1 Å². The van der Waals surface area contributed by atoms with Crippen molar-refractivity contribution in [2.75, 3.05) is 37.6 Å². The molecule has 0 saturated heterocycles. The molecule has 0 unspecified atom stereocenters. The minimum absolute atomic E-state index is 0.0317. The Labute approximate surface area is 226 Å². The number of carbonyl (C=O) groups is 2. The summed E-state index contributed by atoms with van der Waals surface area (Å²) in [7, 11) is 0. The standard InChI is InChI=1S/C30H41ClFN3O2/c1-22(2)17-30(37)35-16-8-14-33(20-23(3)4)13-7-15-34(21-25-18-26(32)11-12-28(25)35)29(36)19-24-9-5-6-10-27(24)31/h5-6,9-12,18,22-23H,7-8,13-17,19-21H2,1-4H3. The topological polar surface area (TPSA) is 43.9 Å². The molecule has 0 spiro atoms. The zero-order chi connectivity index (χ0) is 26.9. The second-order valence-electron chi connectivity index (χ2n) is 10.9. The third kappa shape index (κ3) is 8.82. The average Bonchev–Trinajstić information content (AvgIpc) is 2.81. The van der Waals surface area contributed by atoms with Crippen LogP contribution in [0, 0.1) is 17.7 Å². The molecule has 1 aliphatic heterocycles. The van der Waals surface area contributed by atoms with Crippen molar-refractivity contribution in [3.05, 3.63) is 64.4 Å². The average molecular weight is 530 g/mol. The first-order valence-electron chi connectivity index (χ1n) is 13.5. The minimum atomic E-state index is -0.372. The lowest BCUT2D eigenvalue weighted by molar-refractivity contribution is -0.131. The van der Waals surface area contributed by atoms with E-state index in [0.717, 1.165) is 38.0 Å². The maximum absolute atomic E-state index is 14.5. The minimum Gasteiger partial charge on any atom is -0.338 e. The predicted molar refractivity (Wildman–Crippen MR) is 149 cm³/mol. The number of hydrogen-bond acceptors (Lipinski definition) is 3. The fourth-order valence-corrected chi connectivity index (χ4v) is 5.15. The van der Waals surface area contributed by atoms with Crippen molar-refractivity contribution in [1.82, 2.24) is 9.80 Å². The SMILES string of the molecule is CC(C)CC(=O)N1CCCN(CC(C)C)CCCN(C(=O)Cc2ccccc2Cl)Cc2cc(F)ccc21. The van der Waals surface area contributed by atoms with E-state index in [1.165, 1.54) is 12.1 Å². The van der Waals surface area contributed by atoms with Gasteiger partial charge in [-0.15, -0.1) is 0 Å². The van der Waals surface area contributed by atoms with Gasteiger partial charge in [0.15, 0.2) is 0 Å². The first-order chi connectivity index (χ1) is 17.6. The molecule has 0 bridgehead atoms. The summed E-state index contributed by atoms with van der Waals surface area (Å²) in [5.74, 6) is 0.334. The van der Waals surface area contributed by atoms with Crippen molar-refractivity contribution >= 4 is 29.1 Å². The fraction of sp³-hybridized carbons (Fsp3) is 0.533. The number of fused-ring (bicyclic) bond motifs is 1. The van der Waals surface area contributed by atoms with Crippen LogP contribution < -0.4 is 4.90 Å². The summed E-state index contributed by atoms with van der Waals surface area (Å²) in [4.78, 5) is 32.9. The zero-order valence-corrected chi connectivity index (χ0v) is 23.4. The molecule has 202 valence electrons. The normalized spacial score (nSPS) is 15.9. The molecule has 0 saturated carbocycles. The van der Waals surface area contributed by atoms with Crippen LogP contribution in [-0.2, 0) is 22.6 Å². The van der Waals surface area contributed by atoms with Gasteiger partial charge in [-0.25, -0.2) is 4.39 Å². The Morgan fingerprint density at radius 1 is 0.919 bits per heavy atom. The molecule has 0 aromatic heterocycles. The van der Waals surface area contributed by atoms with E-state index < -0.39 is 0 Å². The first-order valence-corrected chi connectivity index (χ1v) is 13.8. The van der Waals surface area contributed by atoms with E-state index in [-0.39, 0.29) is 36.5 Å². The van der Waals surface area contributed by atoms with E-state index >= 15 is 0 Å². The van der Waals surface area contributed by atoms with Crippen molar-refractivity contribution in [3.63, 3.8) is 0 Å². The Morgan fingerprint density at radius 2 is 1.62 bits per heavy atom. The monoisotopic (exact) mass is 529 g/mol. The van der Waals surface area contributed by atoms with E-state index in [1.807, 2.05) is 32.0 Å². The highest BCUT2D eigenvalue weighted by molar-refractivity contribution is 6.31. The number of halogens is 2. The van der Waals surface area contributed by atoms with Crippen molar-refractivity contribution in [2.24, 2.45) is 11.8 Å². The van der Waals surface area contributed by atoms with Gasteiger partial charge in [0.1, 0.15) is 5.82 Å². The third-order valence-electron chi connectivity index (χ3n) is 6.61. The second-order valence-corrected chi connectivity index (χ2v) is 11.3. The number of amides is 2. The fourth-order valence-electron chi connectivity index (χ4n) is 4.95. The van der Waals surface area contributed by atoms with Gasteiger partial charge in [-0.05, 0) is 73.2 Å². The van der Waals surface area contributed by atoms with Crippen LogP contribution in [0.1, 0.15) is 58.1 Å². The molecule has 2 aromatic carbocycles. The zero-order valence-electron chi connectivity index (χ0n) is 22.7. The smallest absolute Gasteiger partial charge is 0.227 e. The predicted octanol–water partition coefficient (Wildman–Crippen LogP) is 6.18. The summed E-state index contributed by atoms with van der Waals surface area (Å²) in [6.45, 7) is 12.5. The molecule has 3 rings (SSSR count). The highest BCUT2D eigenvalue weighted by atomic mass is 35.5. The quantitative estimate of drug-likeness (QED) is 0.448. The molecule has 1 heterocycles. The van der Waals surface area contributed by atoms with Gasteiger partial charge in [-0.2, -0.15) is 0 Å². The van der Waals surface area contributed by atoms with Crippen LogP contribution >= 0.6 is 11.6 Å².